The molecule has 0 aliphatic rings. The number of hydrogen-bond acceptors (Lipinski definition) is 3. The van der Waals surface area contributed by atoms with Gasteiger partial charge in [0, 0.05) is 22.7 Å². The molecule has 0 amide bonds. The first-order valence-corrected chi connectivity index (χ1v) is 9.71. The molecule has 0 saturated heterocycles. The molecule has 0 bridgehead atoms. The van der Waals surface area contributed by atoms with Crippen LogP contribution in [0.25, 0.3) is 10.9 Å². The van der Waals surface area contributed by atoms with E-state index in [9.17, 15) is 32.3 Å². The number of aromatic nitrogens is 1. The Morgan fingerprint density at radius 1 is 1.09 bits per heavy atom. The third kappa shape index (κ3) is 3.94. The SMILES string of the molecule is COc1cc2c(C(C(=O)O)C(C)C)c(C)n(C(=O)c3ccc(C(F)(F)F)cc3)c2cc1F. The Balaban J connectivity index is 2.29. The number of nitrogens with zero attached hydrogens (tertiary/aromatic N) is 1. The van der Waals surface area contributed by atoms with E-state index in [0.717, 1.165) is 34.9 Å². The van der Waals surface area contributed by atoms with Gasteiger partial charge in [0.2, 0.25) is 0 Å². The lowest BCUT2D eigenvalue weighted by Gasteiger charge is -2.17. The highest BCUT2D eigenvalue weighted by Crippen LogP contribution is 2.39. The van der Waals surface area contributed by atoms with Crippen molar-refractivity contribution in [1.29, 1.82) is 0 Å². The van der Waals surface area contributed by atoms with Crippen LogP contribution < -0.4 is 4.74 Å². The second kappa shape index (κ2) is 8.29. The molecule has 0 radical (unpaired) electrons. The van der Waals surface area contributed by atoms with Crippen LogP contribution in [0.3, 0.4) is 0 Å². The minimum absolute atomic E-state index is 0.0581. The third-order valence-corrected chi connectivity index (χ3v) is 5.43. The minimum Gasteiger partial charge on any atom is -0.494 e. The number of carboxylic acids is 1. The lowest BCUT2D eigenvalue weighted by Crippen LogP contribution is -2.20. The average Bonchev–Trinajstić information content (AvgIpc) is 2.97. The Hall–Kier alpha value is -3.36. The average molecular weight is 451 g/mol. The van der Waals surface area contributed by atoms with Crippen LogP contribution in [0.5, 0.6) is 5.75 Å². The first-order chi connectivity index (χ1) is 14.9. The van der Waals surface area contributed by atoms with Crippen LogP contribution in [0.2, 0.25) is 0 Å². The Kier molecular flexibility index (Phi) is 6.04. The van der Waals surface area contributed by atoms with E-state index in [2.05, 4.69) is 0 Å². The van der Waals surface area contributed by atoms with Gasteiger partial charge in [-0.05, 0) is 48.7 Å². The van der Waals surface area contributed by atoms with Crippen molar-refractivity contribution in [3.63, 3.8) is 0 Å². The van der Waals surface area contributed by atoms with E-state index in [1.54, 1.807) is 13.8 Å². The molecule has 0 aliphatic carbocycles. The summed E-state index contributed by atoms with van der Waals surface area (Å²) < 4.78 is 59.3. The fraction of sp³-hybridized carbons (Fsp3) is 0.304. The molecular weight excluding hydrogens is 430 g/mol. The van der Waals surface area contributed by atoms with Crippen molar-refractivity contribution < 1.29 is 37.0 Å². The molecule has 0 fully saturated rings. The van der Waals surface area contributed by atoms with Gasteiger partial charge in [0.1, 0.15) is 0 Å². The van der Waals surface area contributed by atoms with Gasteiger partial charge in [-0.15, -0.1) is 0 Å². The van der Waals surface area contributed by atoms with Crippen molar-refractivity contribution in [1.82, 2.24) is 4.57 Å². The van der Waals surface area contributed by atoms with Gasteiger partial charge in [-0.1, -0.05) is 13.8 Å². The number of fused-ring (bicyclic) bond motifs is 1. The highest BCUT2D eigenvalue weighted by Gasteiger charge is 2.33. The summed E-state index contributed by atoms with van der Waals surface area (Å²) >= 11 is 0. The minimum atomic E-state index is -4.56. The number of ether oxygens (including phenoxy) is 1. The molecule has 1 heterocycles. The van der Waals surface area contributed by atoms with Crippen LogP contribution in [-0.4, -0.2) is 28.7 Å². The highest BCUT2D eigenvalue weighted by molar-refractivity contribution is 6.05. The van der Waals surface area contributed by atoms with Gasteiger partial charge in [-0.25, -0.2) is 4.39 Å². The molecule has 1 unspecified atom stereocenters. The van der Waals surface area contributed by atoms with Crippen LogP contribution in [0.1, 0.15) is 46.9 Å². The summed E-state index contributed by atoms with van der Waals surface area (Å²) in [6, 6.07) is 6.04. The van der Waals surface area contributed by atoms with Crippen LogP contribution in [0.4, 0.5) is 17.6 Å². The molecule has 3 rings (SSSR count). The fourth-order valence-electron chi connectivity index (χ4n) is 3.92. The topological polar surface area (TPSA) is 68.5 Å². The van der Waals surface area contributed by atoms with Crippen molar-refractivity contribution in [3.8, 4) is 5.75 Å². The lowest BCUT2D eigenvalue weighted by molar-refractivity contribution is -0.140. The number of aliphatic carboxylic acids is 1. The molecule has 170 valence electrons. The largest absolute Gasteiger partial charge is 0.494 e. The molecule has 0 saturated carbocycles. The Labute approximate surface area is 181 Å². The predicted octanol–water partition coefficient (Wildman–Crippen LogP) is 5.63. The monoisotopic (exact) mass is 451 g/mol. The molecule has 1 atom stereocenters. The van der Waals surface area contributed by atoms with Gasteiger partial charge >= 0.3 is 12.1 Å². The Bertz CT molecular complexity index is 1190. The number of benzene rings is 2. The number of hydrogen-bond donors (Lipinski definition) is 1. The lowest BCUT2D eigenvalue weighted by atomic mass is 9.86. The summed E-state index contributed by atoms with van der Waals surface area (Å²) in [5.41, 5.74) is -0.283. The zero-order valence-electron chi connectivity index (χ0n) is 17.7. The summed E-state index contributed by atoms with van der Waals surface area (Å²) in [4.78, 5) is 25.3. The van der Waals surface area contributed by atoms with E-state index in [1.165, 1.54) is 20.1 Å². The van der Waals surface area contributed by atoms with Gasteiger partial charge in [-0.3, -0.25) is 14.2 Å². The van der Waals surface area contributed by atoms with Gasteiger partial charge in [-0.2, -0.15) is 13.2 Å². The molecule has 0 aliphatic heterocycles. The molecule has 5 nitrogen and oxygen atoms in total. The van der Waals surface area contributed by atoms with Crippen LogP contribution >= 0.6 is 0 Å². The maximum Gasteiger partial charge on any atom is 0.416 e. The number of alkyl halides is 3. The molecule has 9 heteroatoms. The standard InChI is InChI=1S/C23H21F4NO4/c1-11(2)19(22(30)31)20-12(3)28(17-10-16(24)18(32-4)9-15(17)20)21(29)13-5-7-14(8-6-13)23(25,26)27/h5-11,19H,1-4H3,(H,30,31). The van der Waals surface area contributed by atoms with Crippen molar-refractivity contribution in [2.45, 2.75) is 32.9 Å². The van der Waals surface area contributed by atoms with Gasteiger partial charge in [0.25, 0.3) is 5.91 Å². The second-order valence-electron chi connectivity index (χ2n) is 7.78. The number of carbonyl (C=O) groups excluding carboxylic acids is 1. The normalized spacial score (nSPS) is 12.9. The van der Waals surface area contributed by atoms with E-state index in [1.807, 2.05) is 0 Å². The highest BCUT2D eigenvalue weighted by atomic mass is 19.4. The summed E-state index contributed by atoms with van der Waals surface area (Å²) in [7, 11) is 1.26. The Morgan fingerprint density at radius 3 is 2.16 bits per heavy atom. The summed E-state index contributed by atoms with van der Waals surface area (Å²) in [5, 5.41) is 10.1. The van der Waals surface area contributed by atoms with Crippen LogP contribution in [-0.2, 0) is 11.0 Å². The van der Waals surface area contributed by atoms with E-state index in [0.29, 0.717) is 10.9 Å². The van der Waals surface area contributed by atoms with Gasteiger partial charge < -0.3 is 9.84 Å². The maximum atomic E-state index is 14.5. The quantitative estimate of drug-likeness (QED) is 0.511. The van der Waals surface area contributed by atoms with Crippen molar-refractivity contribution in [2.24, 2.45) is 5.92 Å². The van der Waals surface area contributed by atoms with E-state index >= 15 is 0 Å². The zero-order chi connectivity index (χ0) is 24.0. The van der Waals surface area contributed by atoms with E-state index in [4.69, 9.17) is 4.74 Å². The third-order valence-electron chi connectivity index (χ3n) is 5.43. The molecular formula is C23H21F4NO4. The molecule has 1 aromatic heterocycles. The number of carbonyl (C=O) groups is 2. The second-order valence-corrected chi connectivity index (χ2v) is 7.78. The number of halogens is 4. The van der Waals surface area contributed by atoms with Crippen LogP contribution in [0.15, 0.2) is 36.4 Å². The summed E-state index contributed by atoms with van der Waals surface area (Å²) in [5.74, 6) is -4.07. The maximum absolute atomic E-state index is 14.5. The van der Waals surface area contributed by atoms with Gasteiger partial charge in [0.05, 0.1) is 24.1 Å². The number of carboxylic acid groups (broad SMARTS) is 1. The molecule has 3 aromatic rings. The predicted molar refractivity (Wildman–Crippen MR) is 110 cm³/mol. The van der Waals surface area contributed by atoms with Crippen molar-refractivity contribution in [2.75, 3.05) is 7.11 Å². The number of rotatable bonds is 5. The van der Waals surface area contributed by atoms with Gasteiger partial charge in [0.15, 0.2) is 11.6 Å². The van der Waals surface area contributed by atoms with E-state index < -0.39 is 35.4 Å². The molecule has 2 aromatic carbocycles. The molecule has 0 spiro atoms. The van der Waals surface area contributed by atoms with Crippen molar-refractivity contribution in [3.05, 3.63) is 64.6 Å². The Morgan fingerprint density at radius 2 is 1.69 bits per heavy atom. The zero-order valence-corrected chi connectivity index (χ0v) is 17.7. The van der Waals surface area contributed by atoms with Crippen molar-refractivity contribution >= 4 is 22.8 Å². The van der Waals surface area contributed by atoms with Crippen LogP contribution in [0, 0.1) is 18.7 Å². The first-order valence-electron chi connectivity index (χ1n) is 9.71. The molecule has 32 heavy (non-hydrogen) atoms. The summed E-state index contributed by atoms with van der Waals surface area (Å²) in [6.45, 7) is 4.94. The molecule has 1 N–H and O–H groups in total. The fourth-order valence-corrected chi connectivity index (χ4v) is 3.92. The smallest absolute Gasteiger partial charge is 0.416 e. The van der Waals surface area contributed by atoms with E-state index in [-0.39, 0.29) is 28.4 Å². The number of methoxy groups -OCH3 is 1. The summed E-state index contributed by atoms with van der Waals surface area (Å²) in [6.07, 6.45) is -4.56. The first kappa shape index (κ1) is 23.3.